The van der Waals surface area contributed by atoms with E-state index in [4.69, 9.17) is 14.6 Å². The summed E-state index contributed by atoms with van der Waals surface area (Å²) < 4.78 is 10.3. The summed E-state index contributed by atoms with van der Waals surface area (Å²) in [4.78, 5) is 0. The van der Waals surface area contributed by atoms with Gasteiger partial charge in [-0.1, -0.05) is 20.8 Å². The van der Waals surface area contributed by atoms with Gasteiger partial charge in [0.2, 0.25) is 0 Å². The van der Waals surface area contributed by atoms with Crippen molar-refractivity contribution in [2.45, 2.75) is 39.7 Å². The largest absolute Gasteiger partial charge is 0.396 e. The summed E-state index contributed by atoms with van der Waals surface area (Å²) in [6.45, 7) is 9.80. The molecule has 0 aromatic carbocycles. The van der Waals surface area contributed by atoms with Crippen LogP contribution in [0.3, 0.4) is 0 Å². The van der Waals surface area contributed by atoms with Crippen molar-refractivity contribution in [2.75, 3.05) is 40.1 Å². The number of methoxy groups -OCH3 is 1. The van der Waals surface area contributed by atoms with Crippen LogP contribution >= 0.6 is 0 Å². The molecular weight excluding hydrogens is 218 g/mol. The fraction of sp³-hybridized carbons (Fsp3) is 1.00. The van der Waals surface area contributed by atoms with Gasteiger partial charge in [-0.3, -0.25) is 0 Å². The van der Waals surface area contributed by atoms with E-state index in [2.05, 4.69) is 26.1 Å². The number of rotatable bonds is 10. The molecule has 0 heterocycles. The molecule has 1 unspecified atom stereocenters. The molecule has 1 atom stereocenters. The maximum Gasteiger partial charge on any atom is 0.0700 e. The van der Waals surface area contributed by atoms with Crippen molar-refractivity contribution < 1.29 is 14.6 Å². The maximum atomic E-state index is 9.02. The Morgan fingerprint density at radius 3 is 2.41 bits per heavy atom. The van der Waals surface area contributed by atoms with Crippen molar-refractivity contribution in [3.05, 3.63) is 0 Å². The molecule has 0 saturated heterocycles. The molecule has 0 bridgehead atoms. The van der Waals surface area contributed by atoms with Crippen LogP contribution in [0.2, 0.25) is 0 Å². The van der Waals surface area contributed by atoms with Gasteiger partial charge in [0.25, 0.3) is 0 Å². The average molecular weight is 247 g/mol. The van der Waals surface area contributed by atoms with Gasteiger partial charge in [-0.2, -0.15) is 0 Å². The van der Waals surface area contributed by atoms with Crippen LogP contribution in [-0.4, -0.2) is 51.2 Å². The van der Waals surface area contributed by atoms with Crippen molar-refractivity contribution in [1.82, 2.24) is 5.32 Å². The van der Waals surface area contributed by atoms with Crippen LogP contribution in [0.5, 0.6) is 0 Å². The van der Waals surface area contributed by atoms with Crippen molar-refractivity contribution in [3.8, 4) is 0 Å². The first-order valence-electron chi connectivity index (χ1n) is 6.43. The monoisotopic (exact) mass is 247 g/mol. The Hall–Kier alpha value is -0.160. The predicted octanol–water partition coefficient (Wildman–Crippen LogP) is 1.43. The van der Waals surface area contributed by atoms with Crippen molar-refractivity contribution in [3.63, 3.8) is 0 Å². The molecule has 0 saturated carbocycles. The average Bonchev–Trinajstić information content (AvgIpc) is 2.25. The zero-order chi connectivity index (χ0) is 13.1. The minimum atomic E-state index is 0.180. The molecule has 0 rings (SSSR count). The topological polar surface area (TPSA) is 50.7 Å². The molecule has 104 valence electrons. The Bertz CT molecular complexity index is 169. The Morgan fingerprint density at radius 1 is 1.18 bits per heavy atom. The number of hydrogen-bond donors (Lipinski definition) is 2. The van der Waals surface area contributed by atoms with Crippen LogP contribution in [0.4, 0.5) is 0 Å². The highest BCUT2D eigenvalue weighted by Gasteiger charge is 2.22. The van der Waals surface area contributed by atoms with E-state index in [1.807, 2.05) is 0 Å². The normalized spacial score (nSPS) is 13.9. The van der Waals surface area contributed by atoms with E-state index in [0.717, 1.165) is 26.0 Å². The lowest BCUT2D eigenvalue weighted by Crippen LogP contribution is -2.41. The molecule has 4 nitrogen and oxygen atoms in total. The minimum absolute atomic E-state index is 0.180. The first-order chi connectivity index (χ1) is 8.02. The van der Waals surface area contributed by atoms with Gasteiger partial charge in [-0.05, 0) is 24.8 Å². The minimum Gasteiger partial charge on any atom is -0.396 e. The molecule has 4 heteroatoms. The summed E-state index contributed by atoms with van der Waals surface area (Å²) in [6, 6.07) is 0.353. The highest BCUT2D eigenvalue weighted by molar-refractivity contribution is 4.79. The lowest BCUT2D eigenvalue weighted by atomic mass is 9.85. The molecule has 0 aromatic rings. The van der Waals surface area contributed by atoms with Gasteiger partial charge in [0.05, 0.1) is 13.2 Å². The molecule has 2 N–H and O–H groups in total. The standard InChI is InChI=1S/C13H29NO3/c1-13(2,3)12(6-8-15)14-7-5-9-17-11-10-16-4/h12,14-15H,5-11H2,1-4H3. The van der Waals surface area contributed by atoms with Crippen LogP contribution in [0.25, 0.3) is 0 Å². The van der Waals surface area contributed by atoms with E-state index in [0.29, 0.717) is 19.3 Å². The van der Waals surface area contributed by atoms with Gasteiger partial charge in [0.1, 0.15) is 0 Å². The number of aliphatic hydroxyl groups excluding tert-OH is 1. The zero-order valence-electron chi connectivity index (χ0n) is 11.8. The van der Waals surface area contributed by atoms with Crippen LogP contribution < -0.4 is 5.32 Å². The second kappa shape index (κ2) is 9.83. The van der Waals surface area contributed by atoms with Gasteiger partial charge in [-0.15, -0.1) is 0 Å². The lowest BCUT2D eigenvalue weighted by Gasteiger charge is -2.31. The van der Waals surface area contributed by atoms with E-state index in [-0.39, 0.29) is 12.0 Å². The molecule has 0 spiro atoms. The molecule has 0 aliphatic heterocycles. The van der Waals surface area contributed by atoms with Crippen LogP contribution in [0.15, 0.2) is 0 Å². The molecule has 0 amide bonds. The van der Waals surface area contributed by atoms with E-state index < -0.39 is 0 Å². The van der Waals surface area contributed by atoms with Crippen LogP contribution in [0.1, 0.15) is 33.6 Å². The van der Waals surface area contributed by atoms with Crippen LogP contribution in [-0.2, 0) is 9.47 Å². The number of ether oxygens (including phenoxy) is 2. The maximum absolute atomic E-state index is 9.02. The molecule has 0 aromatic heterocycles. The molecular formula is C13H29NO3. The van der Waals surface area contributed by atoms with E-state index in [1.165, 1.54) is 0 Å². The Kier molecular flexibility index (Phi) is 9.74. The van der Waals surface area contributed by atoms with Crippen LogP contribution in [0, 0.1) is 5.41 Å². The van der Waals surface area contributed by atoms with E-state index in [1.54, 1.807) is 7.11 Å². The first kappa shape index (κ1) is 16.8. The lowest BCUT2D eigenvalue weighted by molar-refractivity contribution is 0.0684. The predicted molar refractivity (Wildman–Crippen MR) is 70.3 cm³/mol. The third-order valence-corrected chi connectivity index (χ3v) is 2.75. The van der Waals surface area contributed by atoms with E-state index >= 15 is 0 Å². The first-order valence-corrected chi connectivity index (χ1v) is 6.43. The molecule has 0 radical (unpaired) electrons. The second-order valence-electron chi connectivity index (χ2n) is 5.34. The fourth-order valence-electron chi connectivity index (χ4n) is 1.67. The number of aliphatic hydroxyl groups is 1. The molecule has 0 aliphatic rings. The Balaban J connectivity index is 3.55. The number of hydrogen-bond acceptors (Lipinski definition) is 4. The third-order valence-electron chi connectivity index (χ3n) is 2.75. The zero-order valence-corrected chi connectivity index (χ0v) is 11.8. The second-order valence-corrected chi connectivity index (χ2v) is 5.34. The summed E-state index contributed by atoms with van der Waals surface area (Å²) in [5.41, 5.74) is 0.180. The van der Waals surface area contributed by atoms with Crippen molar-refractivity contribution in [1.29, 1.82) is 0 Å². The summed E-state index contributed by atoms with van der Waals surface area (Å²) in [7, 11) is 1.67. The van der Waals surface area contributed by atoms with Crippen molar-refractivity contribution in [2.24, 2.45) is 5.41 Å². The smallest absolute Gasteiger partial charge is 0.0700 e. The molecule has 17 heavy (non-hydrogen) atoms. The Morgan fingerprint density at radius 2 is 1.88 bits per heavy atom. The SMILES string of the molecule is COCCOCCCNC(CCO)C(C)(C)C. The Labute approximate surface area is 106 Å². The summed E-state index contributed by atoms with van der Waals surface area (Å²) in [5, 5.41) is 12.5. The van der Waals surface area contributed by atoms with Gasteiger partial charge < -0.3 is 19.9 Å². The fourth-order valence-corrected chi connectivity index (χ4v) is 1.67. The quantitative estimate of drug-likeness (QED) is 0.573. The van der Waals surface area contributed by atoms with Gasteiger partial charge in [0, 0.05) is 26.4 Å². The summed E-state index contributed by atoms with van der Waals surface area (Å²) >= 11 is 0. The molecule has 0 aliphatic carbocycles. The highest BCUT2D eigenvalue weighted by Crippen LogP contribution is 2.21. The van der Waals surface area contributed by atoms with Gasteiger partial charge in [-0.25, -0.2) is 0 Å². The van der Waals surface area contributed by atoms with E-state index in [9.17, 15) is 0 Å². The summed E-state index contributed by atoms with van der Waals surface area (Å²) in [6.07, 6.45) is 1.79. The van der Waals surface area contributed by atoms with Gasteiger partial charge >= 0.3 is 0 Å². The third kappa shape index (κ3) is 9.53. The number of nitrogens with one attached hydrogen (secondary N) is 1. The highest BCUT2D eigenvalue weighted by atomic mass is 16.5. The summed E-state index contributed by atoms with van der Waals surface area (Å²) in [5.74, 6) is 0. The van der Waals surface area contributed by atoms with Gasteiger partial charge in [0.15, 0.2) is 0 Å². The van der Waals surface area contributed by atoms with Crippen molar-refractivity contribution >= 4 is 0 Å². The molecule has 0 fully saturated rings.